The molecule has 0 aliphatic heterocycles. The van der Waals surface area contributed by atoms with E-state index in [0.717, 1.165) is 0 Å². The first-order chi connectivity index (χ1) is 7.81. The van der Waals surface area contributed by atoms with Crippen LogP contribution in [-0.2, 0) is 6.18 Å². The van der Waals surface area contributed by atoms with Crippen molar-refractivity contribution in [3.63, 3.8) is 0 Å². The predicted molar refractivity (Wildman–Crippen MR) is 51.7 cm³/mol. The van der Waals surface area contributed by atoms with Crippen LogP contribution in [0.5, 0.6) is 0 Å². The van der Waals surface area contributed by atoms with Gasteiger partial charge in [-0.15, -0.1) is 0 Å². The number of nitriles is 1. The quantitative estimate of drug-likeness (QED) is 0.607. The van der Waals surface area contributed by atoms with E-state index in [9.17, 15) is 22.8 Å². The molecule has 0 bridgehead atoms. The normalized spacial score (nSPS) is 10.8. The highest BCUT2D eigenvalue weighted by Gasteiger charge is 2.33. The van der Waals surface area contributed by atoms with Crippen molar-refractivity contribution in [2.24, 2.45) is 0 Å². The summed E-state index contributed by atoms with van der Waals surface area (Å²) in [6.45, 7) is 0. The molecule has 0 unspecified atom stereocenters. The second kappa shape index (κ2) is 4.55. The van der Waals surface area contributed by atoms with E-state index < -0.39 is 33.7 Å². The number of carbonyl (C=O) groups is 2. The lowest BCUT2D eigenvalue weighted by molar-refractivity contribution is -0.137. The number of hydrogen-bond acceptors (Lipinski definition) is 3. The fourth-order valence-electron chi connectivity index (χ4n) is 1.20. The van der Waals surface area contributed by atoms with E-state index in [1.54, 1.807) is 0 Å². The number of alkyl halides is 3. The molecular formula is C10H3ClF3NO2. The first-order valence-electron chi connectivity index (χ1n) is 4.11. The van der Waals surface area contributed by atoms with Gasteiger partial charge in [-0.3, -0.25) is 9.59 Å². The predicted octanol–water partition coefficient (Wildman–Crippen LogP) is 2.77. The number of aldehydes is 1. The standard InChI is InChI=1S/C10H3ClF3NO2/c11-9(17)7-2-6(10(12,13)14)1-5(4-16)8(7)3-15/h1-2,4H. The van der Waals surface area contributed by atoms with Crippen molar-refractivity contribution >= 4 is 23.1 Å². The van der Waals surface area contributed by atoms with Gasteiger partial charge in [-0.1, -0.05) is 0 Å². The molecule has 1 aromatic rings. The highest BCUT2D eigenvalue weighted by atomic mass is 35.5. The molecular weight excluding hydrogens is 259 g/mol. The van der Waals surface area contributed by atoms with Crippen LogP contribution < -0.4 is 0 Å². The van der Waals surface area contributed by atoms with Crippen LogP contribution in [0.3, 0.4) is 0 Å². The van der Waals surface area contributed by atoms with Crippen LogP contribution in [-0.4, -0.2) is 11.5 Å². The number of benzene rings is 1. The highest BCUT2D eigenvalue weighted by molar-refractivity contribution is 6.68. The minimum absolute atomic E-state index is 0.0666. The zero-order chi connectivity index (χ0) is 13.2. The Kier molecular flexibility index (Phi) is 3.53. The number of halogens is 4. The van der Waals surface area contributed by atoms with Gasteiger partial charge in [0.1, 0.15) is 6.07 Å². The smallest absolute Gasteiger partial charge is 0.298 e. The Bertz CT molecular complexity index is 532. The molecule has 3 nitrogen and oxygen atoms in total. The van der Waals surface area contributed by atoms with E-state index in [-0.39, 0.29) is 6.29 Å². The minimum atomic E-state index is -4.73. The van der Waals surface area contributed by atoms with Gasteiger partial charge in [0.25, 0.3) is 5.24 Å². The number of rotatable bonds is 2. The summed E-state index contributed by atoms with van der Waals surface area (Å²) >= 11 is 5.06. The SMILES string of the molecule is N#Cc1c(C=O)cc(C(F)(F)F)cc1C(=O)Cl. The van der Waals surface area contributed by atoms with Crippen molar-refractivity contribution < 1.29 is 22.8 Å². The maximum absolute atomic E-state index is 12.4. The maximum Gasteiger partial charge on any atom is 0.416 e. The second-order valence-corrected chi connectivity index (χ2v) is 3.33. The van der Waals surface area contributed by atoms with Gasteiger partial charge in [-0.05, 0) is 23.7 Å². The first-order valence-corrected chi connectivity index (χ1v) is 4.49. The highest BCUT2D eigenvalue weighted by Crippen LogP contribution is 2.32. The van der Waals surface area contributed by atoms with E-state index in [2.05, 4.69) is 0 Å². The molecule has 0 heterocycles. The topological polar surface area (TPSA) is 57.9 Å². The third kappa shape index (κ3) is 2.63. The molecule has 88 valence electrons. The summed E-state index contributed by atoms with van der Waals surface area (Å²) in [6.07, 6.45) is -4.66. The van der Waals surface area contributed by atoms with Gasteiger partial charge in [0, 0.05) is 5.56 Å². The van der Waals surface area contributed by atoms with Crippen LogP contribution in [0.2, 0.25) is 0 Å². The Morgan fingerprint density at radius 2 is 2.00 bits per heavy atom. The van der Waals surface area contributed by atoms with Gasteiger partial charge < -0.3 is 0 Å². The van der Waals surface area contributed by atoms with Gasteiger partial charge in [0.2, 0.25) is 0 Å². The van der Waals surface area contributed by atoms with E-state index >= 15 is 0 Å². The summed E-state index contributed by atoms with van der Waals surface area (Å²) in [5, 5.41) is 7.45. The molecule has 7 heteroatoms. The molecule has 0 aliphatic rings. The lowest BCUT2D eigenvalue weighted by Gasteiger charge is -2.10. The van der Waals surface area contributed by atoms with Crippen molar-refractivity contribution in [1.82, 2.24) is 0 Å². The van der Waals surface area contributed by atoms with Crippen LogP contribution in [0.4, 0.5) is 13.2 Å². The molecule has 1 rings (SSSR count). The van der Waals surface area contributed by atoms with E-state index in [1.807, 2.05) is 0 Å². The maximum atomic E-state index is 12.4. The van der Waals surface area contributed by atoms with Gasteiger partial charge in [-0.2, -0.15) is 18.4 Å². The van der Waals surface area contributed by atoms with Crippen molar-refractivity contribution in [3.8, 4) is 6.07 Å². The number of carbonyl (C=O) groups excluding carboxylic acids is 2. The zero-order valence-electron chi connectivity index (χ0n) is 8.01. The molecule has 0 fully saturated rings. The summed E-state index contributed by atoms with van der Waals surface area (Å²) in [5.74, 6) is 0. The largest absolute Gasteiger partial charge is 0.416 e. The van der Waals surface area contributed by atoms with Gasteiger partial charge >= 0.3 is 6.18 Å². The first kappa shape index (κ1) is 13.2. The Hall–Kier alpha value is -1.87. The molecule has 0 N–H and O–H groups in total. The average molecular weight is 262 g/mol. The molecule has 0 radical (unpaired) electrons. The Labute approximate surface area is 98.4 Å². The summed E-state index contributed by atoms with van der Waals surface area (Å²) in [6, 6.07) is 2.41. The van der Waals surface area contributed by atoms with Crippen LogP contribution in [0.1, 0.15) is 31.8 Å². The minimum Gasteiger partial charge on any atom is -0.298 e. The fourth-order valence-corrected chi connectivity index (χ4v) is 1.35. The third-order valence-electron chi connectivity index (χ3n) is 1.95. The van der Waals surface area contributed by atoms with Crippen molar-refractivity contribution in [3.05, 3.63) is 34.4 Å². The summed E-state index contributed by atoms with van der Waals surface area (Å²) in [5.41, 5.74) is -2.83. The third-order valence-corrected chi connectivity index (χ3v) is 2.15. The molecule has 0 amide bonds. The van der Waals surface area contributed by atoms with Gasteiger partial charge in [-0.25, -0.2) is 0 Å². The van der Waals surface area contributed by atoms with Crippen LogP contribution >= 0.6 is 11.6 Å². The van der Waals surface area contributed by atoms with Crippen molar-refractivity contribution in [2.45, 2.75) is 6.18 Å². The van der Waals surface area contributed by atoms with E-state index in [4.69, 9.17) is 16.9 Å². The zero-order valence-corrected chi connectivity index (χ0v) is 8.76. The summed E-state index contributed by atoms with van der Waals surface area (Å²) < 4.78 is 37.3. The summed E-state index contributed by atoms with van der Waals surface area (Å²) in [7, 11) is 0. The van der Waals surface area contributed by atoms with Crippen LogP contribution in [0.15, 0.2) is 12.1 Å². The number of nitrogens with zero attached hydrogens (tertiary/aromatic N) is 1. The van der Waals surface area contributed by atoms with Gasteiger partial charge in [0.05, 0.1) is 16.7 Å². The summed E-state index contributed by atoms with van der Waals surface area (Å²) in [4.78, 5) is 21.5. The van der Waals surface area contributed by atoms with Crippen molar-refractivity contribution in [2.75, 3.05) is 0 Å². The fraction of sp³-hybridized carbons (Fsp3) is 0.100. The second-order valence-electron chi connectivity index (χ2n) is 2.99. The van der Waals surface area contributed by atoms with E-state index in [0.29, 0.717) is 12.1 Å². The lowest BCUT2D eigenvalue weighted by Crippen LogP contribution is -2.10. The lowest BCUT2D eigenvalue weighted by atomic mass is 9.99. The molecule has 0 saturated heterocycles. The molecule has 1 aromatic carbocycles. The average Bonchev–Trinajstić information content (AvgIpc) is 2.25. The molecule has 0 atom stereocenters. The van der Waals surface area contributed by atoms with Crippen LogP contribution in [0, 0.1) is 11.3 Å². The molecule has 0 saturated carbocycles. The Balaban J connectivity index is 3.64. The molecule has 0 aliphatic carbocycles. The molecule has 0 aromatic heterocycles. The van der Waals surface area contributed by atoms with E-state index in [1.165, 1.54) is 6.07 Å². The Morgan fingerprint density at radius 3 is 2.35 bits per heavy atom. The van der Waals surface area contributed by atoms with Gasteiger partial charge in [0.15, 0.2) is 6.29 Å². The molecule has 17 heavy (non-hydrogen) atoms. The van der Waals surface area contributed by atoms with Crippen LogP contribution in [0.25, 0.3) is 0 Å². The van der Waals surface area contributed by atoms with Crippen molar-refractivity contribution in [1.29, 1.82) is 5.26 Å². The molecule has 0 spiro atoms. The monoisotopic (exact) mass is 261 g/mol. The number of hydrogen-bond donors (Lipinski definition) is 0. The Morgan fingerprint density at radius 1 is 1.41 bits per heavy atom.